The molecule has 0 radical (unpaired) electrons. The summed E-state index contributed by atoms with van der Waals surface area (Å²) in [6, 6.07) is 11.2. The zero-order valence-electron chi connectivity index (χ0n) is 14.1. The van der Waals surface area contributed by atoms with E-state index in [1.54, 1.807) is 17.1 Å². The largest absolute Gasteiger partial charge is 0.382 e. The molecule has 0 bridgehead atoms. The number of carbonyl (C=O) groups is 1. The van der Waals surface area contributed by atoms with Crippen molar-refractivity contribution in [1.82, 2.24) is 4.90 Å². The van der Waals surface area contributed by atoms with Crippen molar-refractivity contribution in [3.63, 3.8) is 0 Å². The van der Waals surface area contributed by atoms with E-state index in [1.807, 2.05) is 24.3 Å². The Hall–Kier alpha value is -2.21. The highest BCUT2D eigenvalue weighted by Crippen LogP contribution is 2.19. The summed E-state index contributed by atoms with van der Waals surface area (Å²) >= 11 is 3.38. The van der Waals surface area contributed by atoms with Crippen LogP contribution in [-0.4, -0.2) is 29.9 Å². The van der Waals surface area contributed by atoms with Gasteiger partial charge >= 0.3 is 0 Å². The molecule has 0 spiro atoms. The minimum atomic E-state index is -0.599. The zero-order chi connectivity index (χ0) is 18.5. The van der Waals surface area contributed by atoms with Crippen LogP contribution in [0.5, 0.6) is 0 Å². The van der Waals surface area contributed by atoms with Gasteiger partial charge in [0.15, 0.2) is 0 Å². The molecule has 2 aromatic rings. The molecule has 1 saturated heterocycles. The third kappa shape index (κ3) is 5.14. The van der Waals surface area contributed by atoms with E-state index in [-0.39, 0.29) is 11.9 Å². The summed E-state index contributed by atoms with van der Waals surface area (Å²) in [6.07, 6.45) is 4.85. The van der Waals surface area contributed by atoms with Crippen LogP contribution in [-0.2, 0) is 4.79 Å². The van der Waals surface area contributed by atoms with Gasteiger partial charge in [-0.15, -0.1) is 0 Å². The summed E-state index contributed by atoms with van der Waals surface area (Å²) in [5.41, 5.74) is 1.40. The number of carbonyl (C=O) groups excluding carboxylic acids is 1. The highest BCUT2D eigenvalue weighted by Gasteiger charge is 2.21. The molecule has 3 nitrogen and oxygen atoms in total. The summed E-state index contributed by atoms with van der Waals surface area (Å²) < 4.78 is 27.5. The summed E-state index contributed by atoms with van der Waals surface area (Å²) in [6.45, 7) is 1.22. The second kappa shape index (κ2) is 8.45. The van der Waals surface area contributed by atoms with Crippen LogP contribution in [0.1, 0.15) is 18.4 Å². The molecule has 0 saturated carbocycles. The normalized spacial score (nSPS) is 15.4. The molecule has 0 aromatic heterocycles. The summed E-state index contributed by atoms with van der Waals surface area (Å²) in [4.78, 5) is 14.1. The van der Waals surface area contributed by atoms with Crippen molar-refractivity contribution in [3.05, 3.63) is 70.2 Å². The predicted octanol–water partition coefficient (Wildman–Crippen LogP) is 4.84. The van der Waals surface area contributed by atoms with Crippen LogP contribution in [0.15, 0.2) is 53.0 Å². The number of hydrogen-bond acceptors (Lipinski definition) is 2. The van der Waals surface area contributed by atoms with Gasteiger partial charge in [0.1, 0.15) is 11.6 Å². The Balaban J connectivity index is 1.51. The van der Waals surface area contributed by atoms with E-state index in [0.29, 0.717) is 18.8 Å². The van der Waals surface area contributed by atoms with Crippen molar-refractivity contribution in [3.8, 4) is 0 Å². The molecule has 1 heterocycles. The van der Waals surface area contributed by atoms with Gasteiger partial charge in [-0.2, -0.15) is 0 Å². The third-order valence-corrected chi connectivity index (χ3v) is 4.86. The lowest BCUT2D eigenvalue weighted by atomic mass is 10.0. The minimum absolute atomic E-state index is 0.0248. The average Bonchev–Trinajstić information content (AvgIpc) is 2.61. The summed E-state index contributed by atoms with van der Waals surface area (Å²) in [7, 11) is 0. The van der Waals surface area contributed by atoms with Crippen molar-refractivity contribution in [2.24, 2.45) is 0 Å². The number of benzene rings is 2. The average molecular weight is 421 g/mol. The standard InChI is InChI=1S/C20H19BrF2N2O/c21-15-4-1-14(2-5-15)3-6-20(26)25-9-7-18(8-10-25)24-19-12-16(22)11-17(23)13-19/h1-6,11-13,18,24H,7-10H2/b6-3+. The second-order valence-electron chi connectivity index (χ2n) is 6.29. The lowest BCUT2D eigenvalue weighted by Gasteiger charge is -2.32. The van der Waals surface area contributed by atoms with Crippen molar-refractivity contribution >= 4 is 33.6 Å². The number of hydrogen-bond donors (Lipinski definition) is 1. The highest BCUT2D eigenvalue weighted by atomic mass is 79.9. The first-order chi connectivity index (χ1) is 12.5. The van der Waals surface area contributed by atoms with Gasteiger partial charge in [0, 0.05) is 41.4 Å². The number of nitrogens with one attached hydrogen (secondary N) is 1. The van der Waals surface area contributed by atoms with E-state index in [0.717, 1.165) is 28.9 Å². The smallest absolute Gasteiger partial charge is 0.246 e. The van der Waals surface area contributed by atoms with Gasteiger partial charge in [-0.3, -0.25) is 4.79 Å². The van der Waals surface area contributed by atoms with Crippen LogP contribution in [0.4, 0.5) is 14.5 Å². The molecule has 1 aliphatic heterocycles. The molecule has 6 heteroatoms. The molecule has 26 heavy (non-hydrogen) atoms. The predicted molar refractivity (Wildman–Crippen MR) is 103 cm³/mol. The Morgan fingerprint density at radius 1 is 1.08 bits per heavy atom. The first kappa shape index (κ1) is 18.6. The second-order valence-corrected chi connectivity index (χ2v) is 7.20. The third-order valence-electron chi connectivity index (χ3n) is 4.33. The lowest BCUT2D eigenvalue weighted by Crippen LogP contribution is -2.41. The van der Waals surface area contributed by atoms with Gasteiger partial charge in [-0.25, -0.2) is 8.78 Å². The lowest BCUT2D eigenvalue weighted by molar-refractivity contribution is -0.126. The molecule has 0 atom stereocenters. The topological polar surface area (TPSA) is 32.3 Å². The van der Waals surface area contributed by atoms with Crippen LogP contribution < -0.4 is 5.32 Å². The number of amides is 1. The monoisotopic (exact) mass is 420 g/mol. The number of piperidine rings is 1. The minimum Gasteiger partial charge on any atom is -0.382 e. The Bertz CT molecular complexity index is 780. The van der Waals surface area contributed by atoms with E-state index in [4.69, 9.17) is 0 Å². The molecule has 136 valence electrons. The fourth-order valence-electron chi connectivity index (χ4n) is 2.96. The van der Waals surface area contributed by atoms with Gasteiger partial charge in [0.2, 0.25) is 5.91 Å². The maximum atomic E-state index is 13.3. The highest BCUT2D eigenvalue weighted by molar-refractivity contribution is 9.10. The van der Waals surface area contributed by atoms with Crippen LogP contribution in [0, 0.1) is 11.6 Å². The van der Waals surface area contributed by atoms with Gasteiger partial charge < -0.3 is 10.2 Å². The molecule has 1 aliphatic rings. The zero-order valence-corrected chi connectivity index (χ0v) is 15.7. The van der Waals surface area contributed by atoms with Crippen LogP contribution in [0.2, 0.25) is 0 Å². The van der Waals surface area contributed by atoms with Crippen molar-refractivity contribution in [1.29, 1.82) is 0 Å². The molecule has 3 rings (SSSR count). The number of likely N-dealkylation sites (tertiary alicyclic amines) is 1. The van der Waals surface area contributed by atoms with Gasteiger partial charge in [0.05, 0.1) is 0 Å². The molecule has 1 amide bonds. The van der Waals surface area contributed by atoms with E-state index in [9.17, 15) is 13.6 Å². The van der Waals surface area contributed by atoms with Crippen LogP contribution >= 0.6 is 15.9 Å². The Morgan fingerprint density at radius 3 is 2.31 bits per heavy atom. The Labute approximate surface area is 159 Å². The number of halogens is 3. The van der Waals surface area contributed by atoms with Gasteiger partial charge in [-0.05, 0) is 48.7 Å². The molecule has 0 aliphatic carbocycles. The van der Waals surface area contributed by atoms with Gasteiger partial charge in [0.25, 0.3) is 0 Å². The van der Waals surface area contributed by atoms with Crippen LogP contribution in [0.25, 0.3) is 6.08 Å². The number of nitrogens with zero attached hydrogens (tertiary/aromatic N) is 1. The van der Waals surface area contributed by atoms with E-state index >= 15 is 0 Å². The van der Waals surface area contributed by atoms with Crippen molar-refractivity contribution in [2.75, 3.05) is 18.4 Å². The molecule has 0 unspecified atom stereocenters. The fourth-order valence-corrected chi connectivity index (χ4v) is 3.23. The van der Waals surface area contributed by atoms with Crippen LogP contribution in [0.3, 0.4) is 0 Å². The Kier molecular flexibility index (Phi) is 6.04. The van der Waals surface area contributed by atoms with E-state index in [2.05, 4.69) is 21.2 Å². The first-order valence-corrected chi connectivity index (χ1v) is 9.24. The summed E-state index contributed by atoms with van der Waals surface area (Å²) in [5.74, 6) is -1.22. The Morgan fingerprint density at radius 2 is 1.69 bits per heavy atom. The van der Waals surface area contributed by atoms with E-state index in [1.165, 1.54) is 12.1 Å². The number of anilines is 1. The SMILES string of the molecule is O=C(/C=C/c1ccc(Br)cc1)N1CCC(Nc2cc(F)cc(F)c2)CC1. The maximum Gasteiger partial charge on any atom is 0.246 e. The molecular formula is C20H19BrF2N2O. The fraction of sp³-hybridized carbons (Fsp3) is 0.250. The molecule has 1 fully saturated rings. The van der Waals surface area contributed by atoms with E-state index < -0.39 is 11.6 Å². The first-order valence-electron chi connectivity index (χ1n) is 8.45. The molecular weight excluding hydrogens is 402 g/mol. The van der Waals surface area contributed by atoms with Gasteiger partial charge in [-0.1, -0.05) is 28.1 Å². The van der Waals surface area contributed by atoms with Crippen molar-refractivity contribution in [2.45, 2.75) is 18.9 Å². The molecule has 1 N–H and O–H groups in total. The molecule has 2 aromatic carbocycles. The number of rotatable bonds is 4. The maximum absolute atomic E-state index is 13.3. The van der Waals surface area contributed by atoms with Crippen molar-refractivity contribution < 1.29 is 13.6 Å². The summed E-state index contributed by atoms with van der Waals surface area (Å²) in [5, 5.41) is 3.14. The quantitative estimate of drug-likeness (QED) is 0.717.